The van der Waals surface area contributed by atoms with E-state index in [0.29, 0.717) is 12.8 Å². The molecule has 5 heteroatoms. The summed E-state index contributed by atoms with van der Waals surface area (Å²) in [6, 6.07) is 3.02. The van der Waals surface area contributed by atoms with Crippen LogP contribution < -0.4 is 0 Å². The van der Waals surface area contributed by atoms with Gasteiger partial charge in [0.05, 0.1) is 12.2 Å². The van der Waals surface area contributed by atoms with Crippen molar-refractivity contribution in [3.8, 4) is 0 Å². The SMILES string of the molecule is Cc1cccnc1CN1C(=O)CCC1C(=O)O. The molecule has 0 spiro atoms. The summed E-state index contributed by atoms with van der Waals surface area (Å²) < 4.78 is 0. The van der Waals surface area contributed by atoms with Crippen LogP contribution in [0.25, 0.3) is 0 Å². The smallest absolute Gasteiger partial charge is 0.326 e. The number of hydrogen-bond acceptors (Lipinski definition) is 3. The predicted molar refractivity (Wildman–Crippen MR) is 60.2 cm³/mol. The molecule has 17 heavy (non-hydrogen) atoms. The summed E-state index contributed by atoms with van der Waals surface area (Å²) in [6.07, 6.45) is 2.35. The van der Waals surface area contributed by atoms with E-state index in [1.807, 2.05) is 19.1 Å². The molecule has 1 atom stereocenters. The number of carbonyl (C=O) groups excluding carboxylic acids is 1. The highest BCUT2D eigenvalue weighted by molar-refractivity contribution is 5.87. The number of pyridine rings is 1. The Morgan fingerprint density at radius 2 is 2.41 bits per heavy atom. The average Bonchev–Trinajstić information content (AvgIpc) is 2.64. The molecule has 1 aliphatic rings. The second kappa shape index (κ2) is 4.53. The lowest BCUT2D eigenvalue weighted by Crippen LogP contribution is -2.38. The normalized spacial score (nSPS) is 19.7. The van der Waals surface area contributed by atoms with Gasteiger partial charge in [0, 0.05) is 12.6 Å². The van der Waals surface area contributed by atoms with Gasteiger partial charge >= 0.3 is 5.97 Å². The topological polar surface area (TPSA) is 70.5 Å². The zero-order valence-corrected chi connectivity index (χ0v) is 9.59. The van der Waals surface area contributed by atoms with Gasteiger partial charge in [-0.2, -0.15) is 0 Å². The van der Waals surface area contributed by atoms with Gasteiger partial charge in [-0.15, -0.1) is 0 Å². The summed E-state index contributed by atoms with van der Waals surface area (Å²) in [5.41, 5.74) is 1.73. The Kier molecular flexibility index (Phi) is 3.08. The Labute approximate surface area is 99.1 Å². The van der Waals surface area contributed by atoms with Crippen LogP contribution in [0.5, 0.6) is 0 Å². The molecule has 0 bridgehead atoms. The molecule has 1 aliphatic heterocycles. The van der Waals surface area contributed by atoms with E-state index in [-0.39, 0.29) is 12.5 Å². The first-order valence-electron chi connectivity index (χ1n) is 5.52. The number of carbonyl (C=O) groups is 2. The zero-order chi connectivity index (χ0) is 12.4. The van der Waals surface area contributed by atoms with Crippen molar-refractivity contribution in [2.75, 3.05) is 0 Å². The fraction of sp³-hybridized carbons (Fsp3) is 0.417. The number of amides is 1. The number of carboxylic acid groups (broad SMARTS) is 1. The quantitative estimate of drug-likeness (QED) is 0.845. The Hall–Kier alpha value is -1.91. The maximum Gasteiger partial charge on any atom is 0.326 e. The molecule has 1 unspecified atom stereocenters. The van der Waals surface area contributed by atoms with Gasteiger partial charge in [-0.25, -0.2) is 4.79 Å². The van der Waals surface area contributed by atoms with Crippen LogP contribution in [0.2, 0.25) is 0 Å². The van der Waals surface area contributed by atoms with Gasteiger partial charge in [-0.3, -0.25) is 9.78 Å². The first kappa shape index (κ1) is 11.6. The first-order chi connectivity index (χ1) is 8.09. The molecule has 0 aliphatic carbocycles. The lowest BCUT2D eigenvalue weighted by atomic mass is 10.2. The number of likely N-dealkylation sites (tertiary alicyclic amines) is 1. The van der Waals surface area contributed by atoms with E-state index in [0.717, 1.165) is 11.3 Å². The summed E-state index contributed by atoms with van der Waals surface area (Å²) in [7, 11) is 0. The summed E-state index contributed by atoms with van der Waals surface area (Å²) in [6.45, 7) is 2.18. The van der Waals surface area contributed by atoms with E-state index in [1.165, 1.54) is 4.90 Å². The van der Waals surface area contributed by atoms with Crippen LogP contribution in [0.15, 0.2) is 18.3 Å². The van der Waals surface area contributed by atoms with Crippen molar-refractivity contribution in [3.05, 3.63) is 29.6 Å². The highest BCUT2D eigenvalue weighted by Crippen LogP contribution is 2.21. The van der Waals surface area contributed by atoms with Crippen molar-refractivity contribution in [3.63, 3.8) is 0 Å². The monoisotopic (exact) mass is 234 g/mol. The van der Waals surface area contributed by atoms with Gasteiger partial charge < -0.3 is 10.0 Å². The van der Waals surface area contributed by atoms with E-state index in [2.05, 4.69) is 4.98 Å². The Balaban J connectivity index is 2.19. The molecule has 0 radical (unpaired) electrons. The Bertz CT molecular complexity index is 459. The van der Waals surface area contributed by atoms with Crippen molar-refractivity contribution in [2.45, 2.75) is 32.4 Å². The maximum absolute atomic E-state index is 11.6. The Morgan fingerprint density at radius 1 is 1.65 bits per heavy atom. The molecular weight excluding hydrogens is 220 g/mol. The van der Waals surface area contributed by atoms with Gasteiger partial charge in [0.15, 0.2) is 0 Å². The highest BCUT2D eigenvalue weighted by atomic mass is 16.4. The Morgan fingerprint density at radius 3 is 3.06 bits per heavy atom. The zero-order valence-electron chi connectivity index (χ0n) is 9.59. The van der Waals surface area contributed by atoms with Gasteiger partial charge in [0.2, 0.25) is 5.91 Å². The molecule has 2 heterocycles. The molecule has 1 N–H and O–H groups in total. The van der Waals surface area contributed by atoms with Crippen molar-refractivity contribution in [2.24, 2.45) is 0 Å². The number of aliphatic carboxylic acids is 1. The summed E-state index contributed by atoms with van der Waals surface area (Å²) >= 11 is 0. The molecule has 0 aromatic carbocycles. The summed E-state index contributed by atoms with van der Waals surface area (Å²) in [5, 5.41) is 9.03. The standard InChI is InChI=1S/C12H14N2O3/c1-8-3-2-6-13-9(8)7-14-10(12(16)17)4-5-11(14)15/h2-3,6,10H,4-5,7H2,1H3,(H,16,17). The second-order valence-corrected chi connectivity index (χ2v) is 4.18. The summed E-state index contributed by atoms with van der Waals surface area (Å²) in [5.74, 6) is -1.05. The van der Waals surface area contributed by atoms with Crippen molar-refractivity contribution < 1.29 is 14.7 Å². The number of nitrogens with zero attached hydrogens (tertiary/aromatic N) is 2. The van der Waals surface area contributed by atoms with Crippen LogP contribution >= 0.6 is 0 Å². The molecule has 1 amide bonds. The minimum Gasteiger partial charge on any atom is -0.480 e. The molecular formula is C12H14N2O3. The van der Waals surface area contributed by atoms with Crippen LogP contribution in [-0.2, 0) is 16.1 Å². The van der Waals surface area contributed by atoms with Crippen LogP contribution in [0, 0.1) is 6.92 Å². The van der Waals surface area contributed by atoms with Crippen molar-refractivity contribution in [1.82, 2.24) is 9.88 Å². The maximum atomic E-state index is 11.6. The molecule has 90 valence electrons. The van der Waals surface area contributed by atoms with Gasteiger partial charge in [-0.05, 0) is 25.0 Å². The lowest BCUT2D eigenvalue weighted by molar-refractivity contribution is -0.146. The van der Waals surface area contributed by atoms with Crippen LogP contribution in [0.3, 0.4) is 0 Å². The summed E-state index contributed by atoms with van der Waals surface area (Å²) in [4.78, 5) is 28.2. The average molecular weight is 234 g/mol. The fourth-order valence-corrected chi connectivity index (χ4v) is 2.03. The third-order valence-corrected chi connectivity index (χ3v) is 3.05. The third-order valence-electron chi connectivity index (χ3n) is 3.05. The van der Waals surface area contributed by atoms with E-state index in [9.17, 15) is 9.59 Å². The van der Waals surface area contributed by atoms with E-state index >= 15 is 0 Å². The van der Waals surface area contributed by atoms with E-state index in [4.69, 9.17) is 5.11 Å². The fourth-order valence-electron chi connectivity index (χ4n) is 2.03. The molecule has 1 aromatic heterocycles. The largest absolute Gasteiger partial charge is 0.480 e. The molecule has 1 aromatic rings. The van der Waals surface area contributed by atoms with Crippen molar-refractivity contribution in [1.29, 1.82) is 0 Å². The molecule has 0 saturated carbocycles. The molecule has 5 nitrogen and oxygen atoms in total. The number of hydrogen-bond donors (Lipinski definition) is 1. The van der Waals surface area contributed by atoms with Gasteiger partial charge in [0.25, 0.3) is 0 Å². The number of carboxylic acids is 1. The molecule has 1 fully saturated rings. The number of aryl methyl sites for hydroxylation is 1. The molecule has 1 saturated heterocycles. The number of aromatic nitrogens is 1. The van der Waals surface area contributed by atoms with E-state index < -0.39 is 12.0 Å². The van der Waals surface area contributed by atoms with Gasteiger partial charge in [-0.1, -0.05) is 6.07 Å². The minimum atomic E-state index is -0.940. The first-order valence-corrected chi connectivity index (χ1v) is 5.52. The van der Waals surface area contributed by atoms with Crippen LogP contribution in [0.1, 0.15) is 24.1 Å². The minimum absolute atomic E-state index is 0.109. The van der Waals surface area contributed by atoms with Crippen LogP contribution in [-0.4, -0.2) is 32.9 Å². The molecule has 2 rings (SSSR count). The van der Waals surface area contributed by atoms with Crippen molar-refractivity contribution >= 4 is 11.9 Å². The highest BCUT2D eigenvalue weighted by Gasteiger charge is 2.36. The van der Waals surface area contributed by atoms with Gasteiger partial charge in [0.1, 0.15) is 6.04 Å². The number of rotatable bonds is 3. The van der Waals surface area contributed by atoms with E-state index in [1.54, 1.807) is 6.20 Å². The van der Waals surface area contributed by atoms with Crippen LogP contribution in [0.4, 0.5) is 0 Å². The third kappa shape index (κ3) is 2.27. The predicted octanol–water partition coefficient (Wildman–Crippen LogP) is 0.966. The second-order valence-electron chi connectivity index (χ2n) is 4.18. The lowest BCUT2D eigenvalue weighted by Gasteiger charge is -2.21.